The van der Waals surface area contributed by atoms with E-state index in [-0.39, 0.29) is 10.8 Å². The van der Waals surface area contributed by atoms with Gasteiger partial charge in [0.25, 0.3) is 0 Å². The molecule has 1 N–H and O–H groups in total. The topological polar surface area (TPSA) is 76.1 Å². The molecule has 0 aliphatic heterocycles. The van der Waals surface area contributed by atoms with Gasteiger partial charge in [0, 0.05) is 17.3 Å². The van der Waals surface area contributed by atoms with Crippen molar-refractivity contribution in [1.82, 2.24) is 4.98 Å². The zero-order chi connectivity index (χ0) is 18.7. The number of aryl methyl sites for hydroxylation is 1. The standard InChI is InChI=1S/C18H22N2O3S2/c1-5-13-10-11-19-16(12-13)20-17(21)18(2,3)24-14-6-8-15(9-7-14)25(4,22)23/h6-12H,5H2,1-4H3,(H,19,20,21). The quantitative estimate of drug-likeness (QED) is 0.778. The smallest absolute Gasteiger partial charge is 0.241 e. The summed E-state index contributed by atoms with van der Waals surface area (Å²) in [5.74, 6) is 0.371. The number of pyridine rings is 1. The second-order valence-electron chi connectivity index (χ2n) is 6.21. The van der Waals surface area contributed by atoms with Crippen LogP contribution in [0.25, 0.3) is 0 Å². The fourth-order valence-electron chi connectivity index (χ4n) is 2.13. The van der Waals surface area contributed by atoms with Crippen molar-refractivity contribution >= 4 is 33.3 Å². The predicted molar refractivity (Wildman–Crippen MR) is 102 cm³/mol. The third-order valence-electron chi connectivity index (χ3n) is 3.65. The van der Waals surface area contributed by atoms with Crippen LogP contribution in [0.1, 0.15) is 26.3 Å². The third kappa shape index (κ3) is 5.31. The Balaban J connectivity index is 2.10. The Labute approximate surface area is 153 Å². The summed E-state index contributed by atoms with van der Waals surface area (Å²) >= 11 is 1.37. The minimum atomic E-state index is -3.22. The molecule has 0 atom stereocenters. The molecule has 5 nitrogen and oxygen atoms in total. The van der Waals surface area contributed by atoms with Crippen LogP contribution in [0.3, 0.4) is 0 Å². The number of hydrogen-bond donors (Lipinski definition) is 1. The fraction of sp³-hybridized carbons (Fsp3) is 0.333. The lowest BCUT2D eigenvalue weighted by atomic mass is 10.2. The number of rotatable bonds is 6. The van der Waals surface area contributed by atoms with E-state index in [4.69, 9.17) is 0 Å². The summed E-state index contributed by atoms with van der Waals surface area (Å²) in [6.07, 6.45) is 3.72. The first-order chi connectivity index (χ1) is 11.6. The van der Waals surface area contributed by atoms with Gasteiger partial charge >= 0.3 is 0 Å². The highest BCUT2D eigenvalue weighted by molar-refractivity contribution is 8.01. The van der Waals surface area contributed by atoms with Crippen molar-refractivity contribution in [2.75, 3.05) is 11.6 Å². The van der Waals surface area contributed by atoms with Crippen LogP contribution in [0, 0.1) is 0 Å². The molecule has 0 bridgehead atoms. The highest BCUT2D eigenvalue weighted by Crippen LogP contribution is 2.33. The number of nitrogens with one attached hydrogen (secondary N) is 1. The number of benzene rings is 1. The van der Waals surface area contributed by atoms with Gasteiger partial charge in [-0.3, -0.25) is 4.79 Å². The molecule has 0 unspecified atom stereocenters. The van der Waals surface area contributed by atoms with Crippen molar-refractivity contribution in [1.29, 1.82) is 0 Å². The fourth-order valence-corrected chi connectivity index (χ4v) is 3.76. The average Bonchev–Trinajstić information content (AvgIpc) is 2.54. The van der Waals surface area contributed by atoms with E-state index in [2.05, 4.69) is 10.3 Å². The largest absolute Gasteiger partial charge is 0.309 e. The number of nitrogens with zero attached hydrogens (tertiary/aromatic N) is 1. The van der Waals surface area contributed by atoms with E-state index in [1.54, 1.807) is 30.5 Å². The number of amides is 1. The third-order valence-corrected chi connectivity index (χ3v) is 5.98. The molecule has 134 valence electrons. The molecule has 0 saturated heterocycles. The van der Waals surface area contributed by atoms with Crippen LogP contribution in [0.15, 0.2) is 52.4 Å². The van der Waals surface area contributed by atoms with Crippen molar-refractivity contribution in [2.24, 2.45) is 0 Å². The van der Waals surface area contributed by atoms with Gasteiger partial charge in [-0.05, 0) is 62.2 Å². The Morgan fingerprint density at radius 2 is 1.84 bits per heavy atom. The van der Waals surface area contributed by atoms with Gasteiger partial charge in [-0.1, -0.05) is 6.92 Å². The number of anilines is 1. The van der Waals surface area contributed by atoms with E-state index < -0.39 is 14.6 Å². The molecule has 1 amide bonds. The van der Waals surface area contributed by atoms with Crippen molar-refractivity contribution < 1.29 is 13.2 Å². The van der Waals surface area contributed by atoms with Crippen LogP contribution in [0.4, 0.5) is 5.82 Å². The normalized spacial score (nSPS) is 12.0. The Morgan fingerprint density at radius 3 is 2.40 bits per heavy atom. The van der Waals surface area contributed by atoms with Gasteiger partial charge in [-0.2, -0.15) is 0 Å². The second-order valence-corrected chi connectivity index (χ2v) is 9.92. The first kappa shape index (κ1) is 19.5. The van der Waals surface area contributed by atoms with Crippen LogP contribution in [0.2, 0.25) is 0 Å². The molecule has 0 saturated carbocycles. The van der Waals surface area contributed by atoms with Crippen LogP contribution in [-0.2, 0) is 21.1 Å². The predicted octanol–water partition coefficient (Wildman–Crippen LogP) is 3.56. The van der Waals surface area contributed by atoms with Crippen LogP contribution < -0.4 is 5.32 Å². The SMILES string of the molecule is CCc1ccnc(NC(=O)C(C)(C)Sc2ccc(S(C)(=O)=O)cc2)c1. The molecular weight excluding hydrogens is 356 g/mol. The Morgan fingerprint density at radius 1 is 1.20 bits per heavy atom. The van der Waals surface area contributed by atoms with Gasteiger partial charge in [0.05, 0.1) is 9.64 Å². The van der Waals surface area contributed by atoms with Crippen molar-refractivity contribution in [3.63, 3.8) is 0 Å². The van der Waals surface area contributed by atoms with Crippen molar-refractivity contribution in [3.8, 4) is 0 Å². The minimum Gasteiger partial charge on any atom is -0.309 e. The van der Waals surface area contributed by atoms with E-state index >= 15 is 0 Å². The Kier molecular flexibility index (Phi) is 5.90. The molecule has 25 heavy (non-hydrogen) atoms. The highest BCUT2D eigenvalue weighted by Gasteiger charge is 2.29. The first-order valence-electron chi connectivity index (χ1n) is 7.87. The maximum Gasteiger partial charge on any atom is 0.241 e. The molecule has 0 aliphatic rings. The minimum absolute atomic E-state index is 0.162. The lowest BCUT2D eigenvalue weighted by molar-refractivity contribution is -0.117. The lowest BCUT2D eigenvalue weighted by Crippen LogP contribution is -2.34. The number of aromatic nitrogens is 1. The first-order valence-corrected chi connectivity index (χ1v) is 10.6. The number of carbonyl (C=O) groups excluding carboxylic acids is 1. The summed E-state index contributed by atoms with van der Waals surface area (Å²) in [4.78, 5) is 17.9. The summed E-state index contributed by atoms with van der Waals surface area (Å²) in [5, 5.41) is 2.85. The molecule has 0 aliphatic carbocycles. The average molecular weight is 379 g/mol. The molecular formula is C18H22N2O3S2. The summed E-state index contributed by atoms with van der Waals surface area (Å²) < 4.78 is 22.3. The molecule has 1 aromatic heterocycles. The molecule has 0 fully saturated rings. The van der Waals surface area contributed by atoms with Gasteiger partial charge in [0.15, 0.2) is 9.84 Å². The van der Waals surface area contributed by atoms with Gasteiger partial charge in [-0.15, -0.1) is 11.8 Å². The zero-order valence-electron chi connectivity index (χ0n) is 14.7. The summed E-state index contributed by atoms with van der Waals surface area (Å²) in [6.45, 7) is 5.68. The Hall–Kier alpha value is -1.86. The Bertz CT molecular complexity index is 860. The van der Waals surface area contributed by atoms with E-state index in [1.807, 2.05) is 32.9 Å². The second kappa shape index (κ2) is 7.58. The lowest BCUT2D eigenvalue weighted by Gasteiger charge is -2.23. The van der Waals surface area contributed by atoms with Gasteiger partial charge < -0.3 is 5.32 Å². The van der Waals surface area contributed by atoms with Crippen LogP contribution in [0.5, 0.6) is 0 Å². The molecule has 2 aromatic rings. The van der Waals surface area contributed by atoms with Crippen LogP contribution >= 0.6 is 11.8 Å². The van der Waals surface area contributed by atoms with Gasteiger partial charge in [-0.25, -0.2) is 13.4 Å². The monoisotopic (exact) mass is 378 g/mol. The van der Waals surface area contributed by atoms with Crippen LogP contribution in [-0.4, -0.2) is 30.3 Å². The van der Waals surface area contributed by atoms with E-state index in [0.717, 1.165) is 16.9 Å². The van der Waals surface area contributed by atoms with Crippen molar-refractivity contribution in [3.05, 3.63) is 48.2 Å². The molecule has 7 heteroatoms. The molecule has 1 heterocycles. The molecule has 0 spiro atoms. The summed E-state index contributed by atoms with van der Waals surface area (Å²) in [6, 6.07) is 10.3. The van der Waals surface area contributed by atoms with E-state index in [1.165, 1.54) is 18.0 Å². The van der Waals surface area contributed by atoms with Gasteiger partial charge in [0.1, 0.15) is 5.82 Å². The van der Waals surface area contributed by atoms with Crippen molar-refractivity contribution in [2.45, 2.75) is 41.7 Å². The summed E-state index contributed by atoms with van der Waals surface area (Å²) in [5.41, 5.74) is 1.10. The zero-order valence-corrected chi connectivity index (χ0v) is 16.4. The molecule has 0 radical (unpaired) electrons. The van der Waals surface area contributed by atoms with E-state index in [0.29, 0.717) is 5.82 Å². The van der Waals surface area contributed by atoms with E-state index in [9.17, 15) is 13.2 Å². The number of sulfone groups is 1. The number of carbonyl (C=O) groups is 1. The maximum absolute atomic E-state index is 12.6. The molecule has 2 rings (SSSR count). The number of hydrogen-bond acceptors (Lipinski definition) is 5. The molecule has 1 aromatic carbocycles. The van der Waals surface area contributed by atoms with Gasteiger partial charge in [0.2, 0.25) is 5.91 Å². The number of thioether (sulfide) groups is 1. The maximum atomic E-state index is 12.6. The highest BCUT2D eigenvalue weighted by atomic mass is 32.2. The summed E-state index contributed by atoms with van der Waals surface area (Å²) in [7, 11) is -3.22.